The molecule has 4 rings (SSSR count). The lowest BCUT2D eigenvalue weighted by molar-refractivity contribution is 0.102. The Morgan fingerprint density at radius 2 is 1.81 bits per heavy atom. The summed E-state index contributed by atoms with van der Waals surface area (Å²) in [5, 5.41) is 11.3. The van der Waals surface area contributed by atoms with E-state index in [1.54, 1.807) is 12.1 Å². The predicted octanol–water partition coefficient (Wildman–Crippen LogP) is 4.58. The summed E-state index contributed by atoms with van der Waals surface area (Å²) in [6, 6.07) is 11.9. The monoisotopic (exact) mass is 474 g/mol. The summed E-state index contributed by atoms with van der Waals surface area (Å²) in [4.78, 5) is 12.7. The van der Waals surface area contributed by atoms with E-state index in [0.717, 1.165) is 16.9 Å². The fourth-order valence-electron chi connectivity index (χ4n) is 3.61. The first-order chi connectivity index (χ1) is 15.3. The standard InChI is InChI=1S/C22H23FN4O3S2/c1-14(2)15-5-11-18(12-6-15)32(29,30)27-13-3-4-19(27)21-25-26-22(31-21)20(28)24-17-9-7-16(23)8-10-17/h5-12,14,19H,3-4,13H2,1-2H3,(H,24,28). The summed E-state index contributed by atoms with van der Waals surface area (Å²) in [5.74, 6) is -0.563. The number of hydrogen-bond acceptors (Lipinski definition) is 6. The third-order valence-corrected chi connectivity index (χ3v) is 8.32. The van der Waals surface area contributed by atoms with E-state index in [9.17, 15) is 17.6 Å². The SMILES string of the molecule is CC(C)c1ccc(S(=O)(=O)N2CCCC2c2nnc(C(=O)Nc3ccc(F)cc3)s2)cc1. The Bertz CT molecular complexity index is 1210. The molecule has 10 heteroatoms. The predicted molar refractivity (Wildman–Crippen MR) is 121 cm³/mol. The molecule has 3 aromatic rings. The van der Waals surface area contributed by atoms with Gasteiger partial charge in [0.05, 0.1) is 10.9 Å². The van der Waals surface area contributed by atoms with Gasteiger partial charge in [-0.3, -0.25) is 4.79 Å². The zero-order chi connectivity index (χ0) is 22.9. The minimum atomic E-state index is -3.71. The highest BCUT2D eigenvalue weighted by Crippen LogP contribution is 2.38. The molecule has 1 N–H and O–H groups in total. The maximum Gasteiger partial charge on any atom is 0.286 e. The molecule has 7 nitrogen and oxygen atoms in total. The number of anilines is 1. The minimum absolute atomic E-state index is 0.120. The summed E-state index contributed by atoms with van der Waals surface area (Å²) in [6.45, 7) is 4.49. The Morgan fingerprint density at radius 1 is 1.12 bits per heavy atom. The van der Waals surface area contributed by atoms with Crippen molar-refractivity contribution < 1.29 is 17.6 Å². The average Bonchev–Trinajstić information content (AvgIpc) is 3.45. The smallest absolute Gasteiger partial charge is 0.286 e. The van der Waals surface area contributed by atoms with E-state index in [0.29, 0.717) is 36.0 Å². The summed E-state index contributed by atoms with van der Waals surface area (Å²) in [5.41, 5.74) is 1.51. The van der Waals surface area contributed by atoms with Crippen LogP contribution in [0.2, 0.25) is 0 Å². The van der Waals surface area contributed by atoms with Gasteiger partial charge >= 0.3 is 0 Å². The quantitative estimate of drug-likeness (QED) is 0.565. The van der Waals surface area contributed by atoms with Crippen molar-refractivity contribution in [2.45, 2.75) is 43.5 Å². The Morgan fingerprint density at radius 3 is 2.47 bits per heavy atom. The first-order valence-corrected chi connectivity index (χ1v) is 12.5. The van der Waals surface area contributed by atoms with Gasteiger partial charge in [-0.15, -0.1) is 10.2 Å². The van der Waals surface area contributed by atoms with Gasteiger partial charge in [0, 0.05) is 12.2 Å². The molecule has 1 aromatic heterocycles. The first-order valence-electron chi connectivity index (χ1n) is 10.3. The van der Waals surface area contributed by atoms with Gasteiger partial charge in [-0.05, 0) is 60.7 Å². The number of nitrogens with zero attached hydrogens (tertiary/aromatic N) is 3. The van der Waals surface area contributed by atoms with Gasteiger partial charge in [-0.1, -0.05) is 37.3 Å². The molecule has 0 radical (unpaired) electrons. The van der Waals surface area contributed by atoms with Crippen molar-refractivity contribution in [3.63, 3.8) is 0 Å². The lowest BCUT2D eigenvalue weighted by Crippen LogP contribution is -2.30. The van der Waals surface area contributed by atoms with Crippen LogP contribution in [0.1, 0.15) is 59.0 Å². The summed E-state index contributed by atoms with van der Waals surface area (Å²) < 4.78 is 41.1. The van der Waals surface area contributed by atoms with Gasteiger partial charge in [-0.25, -0.2) is 12.8 Å². The number of benzene rings is 2. The molecular weight excluding hydrogens is 451 g/mol. The fraction of sp³-hybridized carbons (Fsp3) is 0.318. The van der Waals surface area contributed by atoms with Crippen LogP contribution in [0, 0.1) is 5.82 Å². The summed E-state index contributed by atoms with van der Waals surface area (Å²) in [6.07, 6.45) is 1.31. The highest BCUT2D eigenvalue weighted by molar-refractivity contribution is 7.89. The molecule has 1 fully saturated rings. The number of halogens is 1. The zero-order valence-corrected chi connectivity index (χ0v) is 19.3. The molecule has 1 aliphatic rings. The van der Waals surface area contributed by atoms with Crippen LogP contribution >= 0.6 is 11.3 Å². The summed E-state index contributed by atoms with van der Waals surface area (Å²) in [7, 11) is -3.71. The van der Waals surface area contributed by atoms with Crippen molar-refractivity contribution in [2.75, 3.05) is 11.9 Å². The normalized spacial score (nSPS) is 17.1. The van der Waals surface area contributed by atoms with E-state index in [1.165, 1.54) is 28.6 Å². The lowest BCUT2D eigenvalue weighted by Gasteiger charge is -2.22. The molecule has 1 saturated heterocycles. The average molecular weight is 475 g/mol. The van der Waals surface area contributed by atoms with Crippen LogP contribution < -0.4 is 5.32 Å². The van der Waals surface area contributed by atoms with Crippen LogP contribution in [0.15, 0.2) is 53.4 Å². The number of rotatable bonds is 6. The Labute approximate surface area is 190 Å². The molecule has 1 amide bonds. The Balaban J connectivity index is 1.53. The van der Waals surface area contributed by atoms with Crippen molar-refractivity contribution in [3.8, 4) is 0 Å². The molecular formula is C22H23FN4O3S2. The molecule has 2 aromatic carbocycles. The molecule has 0 saturated carbocycles. The molecule has 1 atom stereocenters. The number of hydrogen-bond donors (Lipinski definition) is 1. The molecule has 2 heterocycles. The van der Waals surface area contributed by atoms with Gasteiger partial charge in [0.2, 0.25) is 15.0 Å². The van der Waals surface area contributed by atoms with Crippen molar-refractivity contribution >= 4 is 33.0 Å². The van der Waals surface area contributed by atoms with Crippen molar-refractivity contribution in [2.24, 2.45) is 0 Å². The van der Waals surface area contributed by atoms with Crippen LogP contribution in [0.4, 0.5) is 10.1 Å². The van der Waals surface area contributed by atoms with Crippen LogP contribution in [-0.2, 0) is 10.0 Å². The van der Waals surface area contributed by atoms with Crippen molar-refractivity contribution in [1.29, 1.82) is 0 Å². The van der Waals surface area contributed by atoms with Gasteiger partial charge in [-0.2, -0.15) is 4.31 Å². The number of carbonyl (C=O) groups is 1. The third kappa shape index (κ3) is 4.57. The maximum atomic E-state index is 13.3. The molecule has 0 aliphatic carbocycles. The van der Waals surface area contributed by atoms with Gasteiger partial charge in [0.1, 0.15) is 10.8 Å². The molecule has 168 valence electrons. The van der Waals surface area contributed by atoms with E-state index in [-0.39, 0.29) is 9.90 Å². The van der Waals surface area contributed by atoms with Crippen LogP contribution in [0.25, 0.3) is 0 Å². The van der Waals surface area contributed by atoms with Gasteiger partial charge in [0.15, 0.2) is 0 Å². The highest BCUT2D eigenvalue weighted by atomic mass is 32.2. The first kappa shape index (κ1) is 22.5. The lowest BCUT2D eigenvalue weighted by atomic mass is 10.0. The molecule has 32 heavy (non-hydrogen) atoms. The third-order valence-electron chi connectivity index (χ3n) is 5.38. The summed E-state index contributed by atoms with van der Waals surface area (Å²) >= 11 is 1.07. The number of amides is 1. The van der Waals surface area contributed by atoms with Gasteiger partial charge < -0.3 is 5.32 Å². The van der Waals surface area contributed by atoms with E-state index in [1.807, 2.05) is 12.1 Å². The topological polar surface area (TPSA) is 92.3 Å². The second kappa shape index (κ2) is 9.05. The van der Waals surface area contributed by atoms with Crippen LogP contribution in [0.3, 0.4) is 0 Å². The van der Waals surface area contributed by atoms with E-state index in [4.69, 9.17) is 0 Å². The maximum absolute atomic E-state index is 13.3. The van der Waals surface area contributed by atoms with Crippen molar-refractivity contribution in [1.82, 2.24) is 14.5 Å². The fourth-order valence-corrected chi connectivity index (χ4v) is 6.23. The van der Waals surface area contributed by atoms with Crippen LogP contribution in [0.5, 0.6) is 0 Å². The molecule has 1 unspecified atom stereocenters. The number of aromatic nitrogens is 2. The largest absolute Gasteiger partial charge is 0.320 e. The van der Waals surface area contributed by atoms with Gasteiger partial charge in [0.25, 0.3) is 5.91 Å². The zero-order valence-electron chi connectivity index (χ0n) is 17.7. The van der Waals surface area contributed by atoms with E-state index >= 15 is 0 Å². The minimum Gasteiger partial charge on any atom is -0.320 e. The Kier molecular flexibility index (Phi) is 6.36. The number of sulfonamides is 1. The Hall–Kier alpha value is -2.69. The second-order valence-corrected chi connectivity index (χ2v) is 10.8. The molecule has 1 aliphatic heterocycles. The number of nitrogens with one attached hydrogen (secondary N) is 1. The molecule has 0 bridgehead atoms. The van der Waals surface area contributed by atoms with Crippen LogP contribution in [-0.4, -0.2) is 35.4 Å². The molecule has 0 spiro atoms. The van der Waals surface area contributed by atoms with E-state index < -0.39 is 27.8 Å². The highest BCUT2D eigenvalue weighted by Gasteiger charge is 2.38. The second-order valence-electron chi connectivity index (χ2n) is 7.90. The number of carbonyl (C=O) groups excluding carboxylic acids is 1. The van der Waals surface area contributed by atoms with E-state index in [2.05, 4.69) is 29.4 Å². The van der Waals surface area contributed by atoms with Crippen molar-refractivity contribution in [3.05, 3.63) is 69.9 Å².